The number of amides is 1. The molecular formula is C26H30FN3O2S. The Morgan fingerprint density at radius 1 is 1.12 bits per heavy atom. The monoisotopic (exact) mass is 467 g/mol. The van der Waals surface area contributed by atoms with Crippen molar-refractivity contribution in [3.05, 3.63) is 93.2 Å². The zero-order valence-electron chi connectivity index (χ0n) is 19.3. The second-order valence-corrected chi connectivity index (χ2v) is 9.19. The van der Waals surface area contributed by atoms with E-state index in [9.17, 15) is 14.0 Å². The van der Waals surface area contributed by atoms with Crippen LogP contribution in [-0.4, -0.2) is 21.2 Å². The number of nitrogens with one attached hydrogen (secondary N) is 1. The summed E-state index contributed by atoms with van der Waals surface area (Å²) in [5.74, 6) is 0.526. The molecule has 0 bridgehead atoms. The Kier molecular flexibility index (Phi) is 8.83. The van der Waals surface area contributed by atoms with Crippen LogP contribution in [0.5, 0.6) is 0 Å². The Balaban J connectivity index is 1.48. The van der Waals surface area contributed by atoms with Crippen molar-refractivity contribution >= 4 is 17.7 Å². The van der Waals surface area contributed by atoms with E-state index >= 15 is 0 Å². The molecule has 0 aliphatic rings. The zero-order chi connectivity index (χ0) is 23.8. The number of aryl methyl sites for hydroxylation is 1. The van der Waals surface area contributed by atoms with Gasteiger partial charge in [0.05, 0.1) is 6.04 Å². The van der Waals surface area contributed by atoms with Crippen LogP contribution in [0.15, 0.2) is 64.5 Å². The van der Waals surface area contributed by atoms with Gasteiger partial charge in [-0.15, -0.1) is 0 Å². The predicted octanol–water partition coefficient (Wildman–Crippen LogP) is 4.96. The molecule has 33 heavy (non-hydrogen) atoms. The Morgan fingerprint density at radius 2 is 1.82 bits per heavy atom. The molecule has 1 atom stereocenters. The molecule has 3 rings (SSSR count). The van der Waals surface area contributed by atoms with Crippen LogP contribution in [0.3, 0.4) is 0 Å². The SMILES string of the molecule is Cc1nc(SCCCCC(=O)NC(C)c2ccccc2)n(C)c(=O)c1Cc1ccc(F)cc1. The Labute approximate surface area is 198 Å². The lowest BCUT2D eigenvalue weighted by Crippen LogP contribution is -2.26. The fraction of sp³-hybridized carbons (Fsp3) is 0.346. The number of halogens is 1. The highest BCUT2D eigenvalue weighted by Crippen LogP contribution is 2.19. The molecule has 0 aliphatic heterocycles. The molecule has 1 N–H and O–H groups in total. The average Bonchev–Trinajstić information content (AvgIpc) is 2.81. The number of hydrogen-bond acceptors (Lipinski definition) is 4. The Bertz CT molecular complexity index is 1130. The third-order valence-corrected chi connectivity index (χ3v) is 6.67. The fourth-order valence-electron chi connectivity index (χ4n) is 3.56. The molecule has 1 amide bonds. The van der Waals surface area contributed by atoms with Crippen LogP contribution < -0.4 is 10.9 Å². The summed E-state index contributed by atoms with van der Waals surface area (Å²) >= 11 is 1.53. The van der Waals surface area contributed by atoms with E-state index in [-0.39, 0.29) is 23.3 Å². The van der Waals surface area contributed by atoms with Gasteiger partial charge < -0.3 is 5.32 Å². The van der Waals surface area contributed by atoms with Crippen LogP contribution in [0, 0.1) is 12.7 Å². The summed E-state index contributed by atoms with van der Waals surface area (Å²) in [6, 6.07) is 16.1. The number of carbonyl (C=O) groups excluding carboxylic acids is 1. The quantitative estimate of drug-likeness (QED) is 0.260. The highest BCUT2D eigenvalue weighted by molar-refractivity contribution is 7.99. The summed E-state index contributed by atoms with van der Waals surface area (Å²) in [6.07, 6.45) is 2.52. The summed E-state index contributed by atoms with van der Waals surface area (Å²) in [4.78, 5) is 29.7. The molecule has 0 fully saturated rings. The van der Waals surface area contributed by atoms with E-state index in [0.29, 0.717) is 29.3 Å². The number of benzene rings is 2. The van der Waals surface area contributed by atoms with Gasteiger partial charge in [-0.1, -0.05) is 54.2 Å². The number of nitrogens with zero attached hydrogens (tertiary/aromatic N) is 2. The van der Waals surface area contributed by atoms with Gasteiger partial charge in [-0.25, -0.2) is 9.37 Å². The van der Waals surface area contributed by atoms with Gasteiger partial charge in [0.15, 0.2) is 5.16 Å². The molecule has 1 heterocycles. The van der Waals surface area contributed by atoms with Crippen molar-refractivity contribution in [2.45, 2.75) is 50.7 Å². The van der Waals surface area contributed by atoms with Crippen LogP contribution in [0.4, 0.5) is 4.39 Å². The van der Waals surface area contributed by atoms with E-state index < -0.39 is 0 Å². The van der Waals surface area contributed by atoms with Crippen molar-refractivity contribution in [1.82, 2.24) is 14.9 Å². The number of rotatable bonds is 10. The van der Waals surface area contributed by atoms with Crippen molar-refractivity contribution < 1.29 is 9.18 Å². The lowest BCUT2D eigenvalue weighted by molar-refractivity contribution is -0.121. The fourth-order valence-corrected chi connectivity index (χ4v) is 4.57. The predicted molar refractivity (Wildman–Crippen MR) is 131 cm³/mol. The summed E-state index contributed by atoms with van der Waals surface area (Å²) < 4.78 is 14.7. The van der Waals surface area contributed by atoms with Crippen molar-refractivity contribution in [3.63, 3.8) is 0 Å². The molecule has 5 nitrogen and oxygen atoms in total. The van der Waals surface area contributed by atoms with E-state index in [4.69, 9.17) is 0 Å². The lowest BCUT2D eigenvalue weighted by atomic mass is 10.1. The minimum absolute atomic E-state index is 0.0109. The Hall–Kier alpha value is -2.93. The van der Waals surface area contributed by atoms with Gasteiger partial charge >= 0.3 is 0 Å². The third kappa shape index (κ3) is 7.02. The van der Waals surface area contributed by atoms with Crippen molar-refractivity contribution in [2.24, 2.45) is 7.05 Å². The van der Waals surface area contributed by atoms with Crippen molar-refractivity contribution in [3.8, 4) is 0 Å². The second kappa shape index (κ2) is 11.8. The summed E-state index contributed by atoms with van der Waals surface area (Å²) in [5.41, 5.74) is 3.20. The number of aromatic nitrogens is 2. The highest BCUT2D eigenvalue weighted by atomic mass is 32.2. The topological polar surface area (TPSA) is 64.0 Å². The standard InChI is InChI=1S/C26H30FN3O2S/c1-18(21-9-5-4-6-10-21)28-24(31)11-7-8-16-33-26-29-19(2)23(25(32)30(26)3)17-20-12-14-22(27)15-13-20/h4-6,9-10,12-15,18H,7-8,11,16-17H2,1-3H3,(H,28,31). The van der Waals surface area contributed by atoms with Crippen molar-refractivity contribution in [1.29, 1.82) is 0 Å². The molecule has 3 aromatic rings. The van der Waals surface area contributed by atoms with E-state index in [1.165, 1.54) is 23.9 Å². The van der Waals surface area contributed by atoms with Gasteiger partial charge in [-0.3, -0.25) is 14.2 Å². The smallest absolute Gasteiger partial charge is 0.257 e. The maximum atomic E-state index is 13.1. The van der Waals surface area contributed by atoms with Gasteiger partial charge in [0.1, 0.15) is 5.82 Å². The first-order chi connectivity index (χ1) is 15.8. The molecule has 0 aliphatic carbocycles. The first-order valence-corrected chi connectivity index (χ1v) is 12.1. The van der Waals surface area contributed by atoms with Crippen LogP contribution >= 0.6 is 11.8 Å². The largest absolute Gasteiger partial charge is 0.350 e. The van der Waals surface area contributed by atoms with E-state index in [1.54, 1.807) is 23.7 Å². The first kappa shape index (κ1) is 24.7. The molecule has 1 aromatic heterocycles. The molecule has 0 spiro atoms. The summed E-state index contributed by atoms with van der Waals surface area (Å²) in [6.45, 7) is 3.82. The minimum Gasteiger partial charge on any atom is -0.350 e. The molecule has 0 saturated heterocycles. The molecule has 2 aromatic carbocycles. The highest BCUT2D eigenvalue weighted by Gasteiger charge is 2.13. The van der Waals surface area contributed by atoms with E-state index in [1.807, 2.05) is 44.2 Å². The maximum Gasteiger partial charge on any atom is 0.257 e. The lowest BCUT2D eigenvalue weighted by Gasteiger charge is -2.14. The van der Waals surface area contributed by atoms with Crippen LogP contribution in [0.25, 0.3) is 0 Å². The first-order valence-electron chi connectivity index (χ1n) is 11.1. The molecular weight excluding hydrogens is 437 g/mol. The van der Waals surface area contributed by atoms with Crippen LogP contribution in [-0.2, 0) is 18.3 Å². The van der Waals surface area contributed by atoms with Crippen LogP contribution in [0.1, 0.15) is 54.6 Å². The normalized spacial score (nSPS) is 11.9. The van der Waals surface area contributed by atoms with Gasteiger partial charge in [-0.2, -0.15) is 0 Å². The number of thioether (sulfide) groups is 1. The van der Waals surface area contributed by atoms with Crippen molar-refractivity contribution in [2.75, 3.05) is 5.75 Å². The van der Waals surface area contributed by atoms with E-state index in [2.05, 4.69) is 10.3 Å². The number of hydrogen-bond donors (Lipinski definition) is 1. The van der Waals surface area contributed by atoms with Gasteiger partial charge in [-0.05, 0) is 49.9 Å². The maximum absolute atomic E-state index is 13.1. The molecule has 0 radical (unpaired) electrons. The molecule has 1 unspecified atom stereocenters. The van der Waals surface area contributed by atoms with Gasteiger partial charge in [0.2, 0.25) is 5.91 Å². The molecule has 0 saturated carbocycles. The summed E-state index contributed by atoms with van der Waals surface area (Å²) in [7, 11) is 1.73. The summed E-state index contributed by atoms with van der Waals surface area (Å²) in [5, 5.41) is 3.70. The minimum atomic E-state index is -0.295. The van der Waals surface area contributed by atoms with Crippen LogP contribution in [0.2, 0.25) is 0 Å². The Morgan fingerprint density at radius 3 is 2.52 bits per heavy atom. The van der Waals surface area contributed by atoms with Gasteiger partial charge in [0.25, 0.3) is 5.56 Å². The average molecular weight is 468 g/mol. The second-order valence-electron chi connectivity index (χ2n) is 8.13. The zero-order valence-corrected chi connectivity index (χ0v) is 20.1. The van der Waals surface area contributed by atoms with Gasteiger partial charge in [0, 0.05) is 36.9 Å². The molecule has 7 heteroatoms. The third-order valence-electron chi connectivity index (χ3n) is 5.55. The molecule has 174 valence electrons. The number of unbranched alkanes of at least 4 members (excludes halogenated alkanes) is 1. The van der Waals surface area contributed by atoms with E-state index in [0.717, 1.165) is 29.7 Å². The number of carbonyl (C=O) groups is 1.